The molecule has 0 aromatic heterocycles. The van der Waals surface area contributed by atoms with Crippen molar-refractivity contribution in [1.29, 1.82) is 0 Å². The maximum absolute atomic E-state index is 12.3. The predicted octanol–water partition coefficient (Wildman–Crippen LogP) is 2.22. The van der Waals surface area contributed by atoms with Gasteiger partial charge in [0.25, 0.3) is 0 Å². The molecule has 1 fully saturated rings. The smallest absolute Gasteiger partial charge is 0.241 e. The highest BCUT2D eigenvalue weighted by Crippen LogP contribution is 2.24. The van der Waals surface area contributed by atoms with Gasteiger partial charge in [0.15, 0.2) is 0 Å². The van der Waals surface area contributed by atoms with Gasteiger partial charge in [0.1, 0.15) is 0 Å². The standard InChI is InChI=1S/C13H26N2O/c1-7-11-13(16)15(10(6)8(2)3)12(14-11)9(4)5/h8-12,14H,7H2,1-6H3. The molecule has 0 aromatic carbocycles. The Balaban J connectivity index is 2.89. The molecule has 0 radical (unpaired) electrons. The highest BCUT2D eigenvalue weighted by molar-refractivity contribution is 5.84. The Hall–Kier alpha value is -0.570. The fourth-order valence-electron chi connectivity index (χ4n) is 2.26. The molecule has 16 heavy (non-hydrogen) atoms. The molecule has 1 amide bonds. The van der Waals surface area contributed by atoms with Gasteiger partial charge < -0.3 is 4.90 Å². The Morgan fingerprint density at radius 1 is 1.25 bits per heavy atom. The molecule has 3 heteroatoms. The summed E-state index contributed by atoms with van der Waals surface area (Å²) in [6.45, 7) is 12.9. The van der Waals surface area contributed by atoms with E-state index in [4.69, 9.17) is 0 Å². The average molecular weight is 226 g/mol. The zero-order valence-electron chi connectivity index (χ0n) is 11.4. The van der Waals surface area contributed by atoms with Gasteiger partial charge in [-0.1, -0.05) is 34.6 Å². The van der Waals surface area contributed by atoms with Gasteiger partial charge in [0.2, 0.25) is 5.91 Å². The third-order valence-electron chi connectivity index (χ3n) is 3.67. The molecule has 0 aliphatic carbocycles. The second-order valence-electron chi connectivity index (χ2n) is 5.55. The molecule has 1 aliphatic heterocycles. The lowest BCUT2D eigenvalue weighted by Gasteiger charge is -2.34. The van der Waals surface area contributed by atoms with E-state index in [1.54, 1.807) is 0 Å². The van der Waals surface area contributed by atoms with Gasteiger partial charge in [0, 0.05) is 6.04 Å². The number of hydrogen-bond donors (Lipinski definition) is 1. The number of hydrogen-bond acceptors (Lipinski definition) is 2. The molecular formula is C13H26N2O. The van der Waals surface area contributed by atoms with E-state index in [1.807, 2.05) is 0 Å². The van der Waals surface area contributed by atoms with Crippen molar-refractivity contribution >= 4 is 5.91 Å². The number of nitrogens with zero attached hydrogens (tertiary/aromatic N) is 1. The maximum atomic E-state index is 12.3. The quantitative estimate of drug-likeness (QED) is 0.797. The molecule has 1 rings (SSSR count). The summed E-state index contributed by atoms with van der Waals surface area (Å²) < 4.78 is 0. The summed E-state index contributed by atoms with van der Waals surface area (Å²) in [5.41, 5.74) is 0. The van der Waals surface area contributed by atoms with Crippen molar-refractivity contribution in [3.8, 4) is 0 Å². The average Bonchev–Trinajstić information content (AvgIpc) is 2.54. The summed E-state index contributed by atoms with van der Waals surface area (Å²) in [4.78, 5) is 14.3. The number of carbonyl (C=O) groups is 1. The number of carbonyl (C=O) groups excluding carboxylic acids is 1. The van der Waals surface area contributed by atoms with Crippen molar-refractivity contribution in [3.05, 3.63) is 0 Å². The molecule has 1 aliphatic rings. The normalized spacial score (nSPS) is 28.2. The van der Waals surface area contributed by atoms with Crippen LogP contribution in [0, 0.1) is 11.8 Å². The van der Waals surface area contributed by atoms with Crippen LogP contribution in [0.5, 0.6) is 0 Å². The molecule has 1 N–H and O–H groups in total. The highest BCUT2D eigenvalue weighted by atomic mass is 16.2. The molecular weight excluding hydrogens is 200 g/mol. The Kier molecular flexibility index (Phi) is 4.36. The van der Waals surface area contributed by atoms with Crippen LogP contribution in [0.1, 0.15) is 48.0 Å². The first-order chi connectivity index (χ1) is 7.40. The van der Waals surface area contributed by atoms with Gasteiger partial charge in [-0.3, -0.25) is 10.1 Å². The molecule has 0 aromatic rings. The van der Waals surface area contributed by atoms with Gasteiger partial charge in [0.05, 0.1) is 12.2 Å². The van der Waals surface area contributed by atoms with Crippen molar-refractivity contribution in [1.82, 2.24) is 10.2 Å². The number of nitrogens with one attached hydrogen (secondary N) is 1. The summed E-state index contributed by atoms with van der Waals surface area (Å²) in [7, 11) is 0. The molecule has 0 saturated carbocycles. The molecule has 3 nitrogen and oxygen atoms in total. The van der Waals surface area contributed by atoms with E-state index in [1.165, 1.54) is 0 Å². The van der Waals surface area contributed by atoms with Crippen molar-refractivity contribution < 1.29 is 4.79 Å². The van der Waals surface area contributed by atoms with E-state index >= 15 is 0 Å². The summed E-state index contributed by atoms with van der Waals surface area (Å²) in [6.07, 6.45) is 1.08. The lowest BCUT2D eigenvalue weighted by atomic mass is 10.0. The molecule has 1 saturated heterocycles. The number of amides is 1. The minimum Gasteiger partial charge on any atom is -0.323 e. The van der Waals surface area contributed by atoms with E-state index in [0.717, 1.165) is 6.42 Å². The third-order valence-corrected chi connectivity index (χ3v) is 3.67. The Morgan fingerprint density at radius 2 is 1.81 bits per heavy atom. The van der Waals surface area contributed by atoms with E-state index in [9.17, 15) is 4.79 Å². The fraction of sp³-hybridized carbons (Fsp3) is 0.923. The van der Waals surface area contributed by atoms with Crippen LogP contribution < -0.4 is 5.32 Å². The van der Waals surface area contributed by atoms with Crippen LogP contribution in [-0.2, 0) is 4.79 Å². The summed E-state index contributed by atoms with van der Waals surface area (Å²) in [6, 6.07) is 0.331. The fourth-order valence-corrected chi connectivity index (χ4v) is 2.26. The second-order valence-corrected chi connectivity index (χ2v) is 5.55. The Labute approximate surface area is 99.6 Å². The van der Waals surface area contributed by atoms with Crippen LogP contribution in [0.3, 0.4) is 0 Å². The Bertz CT molecular complexity index is 250. The third kappa shape index (κ3) is 2.40. The zero-order valence-corrected chi connectivity index (χ0v) is 11.4. The van der Waals surface area contributed by atoms with Crippen molar-refractivity contribution in [2.75, 3.05) is 0 Å². The predicted molar refractivity (Wildman–Crippen MR) is 67.0 cm³/mol. The largest absolute Gasteiger partial charge is 0.323 e. The summed E-state index contributed by atoms with van der Waals surface area (Å²) in [5, 5.41) is 3.45. The molecule has 3 unspecified atom stereocenters. The molecule has 0 bridgehead atoms. The maximum Gasteiger partial charge on any atom is 0.241 e. The molecule has 1 heterocycles. The summed E-state index contributed by atoms with van der Waals surface area (Å²) >= 11 is 0. The van der Waals surface area contributed by atoms with Crippen molar-refractivity contribution in [3.63, 3.8) is 0 Å². The lowest BCUT2D eigenvalue weighted by Crippen LogP contribution is -2.48. The lowest BCUT2D eigenvalue weighted by molar-refractivity contribution is -0.133. The van der Waals surface area contributed by atoms with Crippen LogP contribution in [0.4, 0.5) is 0 Å². The van der Waals surface area contributed by atoms with E-state index in [2.05, 4.69) is 51.8 Å². The van der Waals surface area contributed by atoms with Crippen molar-refractivity contribution in [2.24, 2.45) is 11.8 Å². The minimum absolute atomic E-state index is 0.0219. The second kappa shape index (κ2) is 5.17. The van der Waals surface area contributed by atoms with Crippen LogP contribution in [0.25, 0.3) is 0 Å². The zero-order chi connectivity index (χ0) is 12.5. The monoisotopic (exact) mass is 226 g/mol. The van der Waals surface area contributed by atoms with E-state index < -0.39 is 0 Å². The minimum atomic E-state index is 0.0219. The first-order valence-electron chi connectivity index (χ1n) is 6.48. The van der Waals surface area contributed by atoms with Crippen LogP contribution in [-0.4, -0.2) is 29.1 Å². The van der Waals surface area contributed by atoms with Crippen molar-refractivity contribution in [2.45, 2.75) is 66.2 Å². The first kappa shape index (κ1) is 13.5. The van der Waals surface area contributed by atoms with Gasteiger partial charge in [-0.05, 0) is 25.2 Å². The molecule has 94 valence electrons. The van der Waals surface area contributed by atoms with Crippen LogP contribution >= 0.6 is 0 Å². The van der Waals surface area contributed by atoms with Crippen LogP contribution in [0.15, 0.2) is 0 Å². The van der Waals surface area contributed by atoms with Gasteiger partial charge in [-0.2, -0.15) is 0 Å². The van der Waals surface area contributed by atoms with E-state index in [0.29, 0.717) is 17.9 Å². The topological polar surface area (TPSA) is 32.3 Å². The molecule has 0 spiro atoms. The SMILES string of the molecule is CCC1NC(C(C)C)N(C(C)C(C)C)C1=O. The van der Waals surface area contributed by atoms with E-state index in [-0.39, 0.29) is 18.1 Å². The van der Waals surface area contributed by atoms with Crippen LogP contribution in [0.2, 0.25) is 0 Å². The van der Waals surface area contributed by atoms with Gasteiger partial charge in [-0.25, -0.2) is 0 Å². The van der Waals surface area contributed by atoms with Gasteiger partial charge in [-0.15, -0.1) is 0 Å². The Morgan fingerprint density at radius 3 is 2.19 bits per heavy atom. The first-order valence-corrected chi connectivity index (χ1v) is 6.48. The highest BCUT2D eigenvalue weighted by Gasteiger charge is 2.41. The summed E-state index contributed by atoms with van der Waals surface area (Å²) in [5.74, 6) is 1.24. The van der Waals surface area contributed by atoms with Gasteiger partial charge >= 0.3 is 0 Å². The number of rotatable bonds is 4. The molecule has 3 atom stereocenters.